The maximum absolute atomic E-state index is 13.3. The minimum atomic E-state index is -4.27. The Balaban J connectivity index is 4.86. The van der Waals surface area contributed by atoms with Crippen molar-refractivity contribution in [1.82, 2.24) is 0 Å². The summed E-state index contributed by atoms with van der Waals surface area (Å²) in [6.07, 6.45) is -0.993. The van der Waals surface area contributed by atoms with E-state index in [1.807, 2.05) is 0 Å². The van der Waals surface area contributed by atoms with Crippen molar-refractivity contribution in [1.29, 1.82) is 0 Å². The average molecular weight is 324 g/mol. The molecule has 0 N–H and O–H groups in total. The number of halogens is 3. The molecule has 1 nitrogen and oxygen atoms in total. The maximum Gasteiger partial charge on any atom is 0.396 e. The van der Waals surface area contributed by atoms with E-state index in [1.165, 1.54) is 13.8 Å². The number of ether oxygens (including phenoxy) is 1. The van der Waals surface area contributed by atoms with Gasteiger partial charge in [0.15, 0.2) is 0 Å². The van der Waals surface area contributed by atoms with Gasteiger partial charge in [0.2, 0.25) is 0 Å². The molecule has 4 heteroatoms. The van der Waals surface area contributed by atoms with Crippen LogP contribution in [-0.2, 0) is 4.74 Å². The van der Waals surface area contributed by atoms with Gasteiger partial charge in [0.25, 0.3) is 0 Å². The highest BCUT2D eigenvalue weighted by atomic mass is 19.4. The molecule has 0 fully saturated rings. The lowest BCUT2D eigenvalue weighted by molar-refractivity contribution is -0.279. The Bertz CT molecular complexity index is 332. The third-order valence-electron chi connectivity index (χ3n) is 6.48. The summed E-state index contributed by atoms with van der Waals surface area (Å²) in [7, 11) is 0. The minimum absolute atomic E-state index is 0.228. The highest BCUT2D eigenvalue weighted by Gasteiger charge is 2.58. The van der Waals surface area contributed by atoms with Gasteiger partial charge in [-0.2, -0.15) is 13.2 Å². The highest BCUT2D eigenvalue weighted by molar-refractivity contribution is 4.95. The Morgan fingerprint density at radius 2 is 1.32 bits per heavy atom. The maximum atomic E-state index is 13.3. The summed E-state index contributed by atoms with van der Waals surface area (Å²) in [5.41, 5.74) is -2.83. The van der Waals surface area contributed by atoms with Gasteiger partial charge in [0.1, 0.15) is 0 Å². The predicted molar refractivity (Wildman–Crippen MR) is 87.0 cm³/mol. The van der Waals surface area contributed by atoms with Crippen LogP contribution < -0.4 is 0 Å². The van der Waals surface area contributed by atoms with Crippen LogP contribution in [0.3, 0.4) is 0 Å². The third-order valence-corrected chi connectivity index (χ3v) is 6.48. The van der Waals surface area contributed by atoms with Crippen molar-refractivity contribution in [3.63, 3.8) is 0 Å². The Morgan fingerprint density at radius 3 is 1.64 bits per heavy atom. The topological polar surface area (TPSA) is 9.23 Å². The SMILES string of the molecule is CCC(C)(CC)C(C)CCOC(C)(CC)C(C)(C)C(F)(F)F. The summed E-state index contributed by atoms with van der Waals surface area (Å²) in [4.78, 5) is 0. The first-order valence-electron chi connectivity index (χ1n) is 8.52. The molecule has 0 aliphatic rings. The molecule has 0 saturated carbocycles. The van der Waals surface area contributed by atoms with Crippen LogP contribution in [0.25, 0.3) is 0 Å². The van der Waals surface area contributed by atoms with Crippen LogP contribution in [0.1, 0.15) is 81.1 Å². The fraction of sp³-hybridized carbons (Fsp3) is 1.00. The van der Waals surface area contributed by atoms with E-state index in [2.05, 4.69) is 27.7 Å². The first kappa shape index (κ1) is 21.8. The van der Waals surface area contributed by atoms with E-state index >= 15 is 0 Å². The van der Waals surface area contributed by atoms with Crippen LogP contribution >= 0.6 is 0 Å². The van der Waals surface area contributed by atoms with Crippen molar-refractivity contribution in [3.05, 3.63) is 0 Å². The zero-order valence-electron chi connectivity index (χ0n) is 15.7. The van der Waals surface area contributed by atoms with Crippen molar-refractivity contribution in [2.75, 3.05) is 6.61 Å². The second-order valence-electron chi connectivity index (χ2n) is 7.61. The smallest absolute Gasteiger partial charge is 0.374 e. The summed E-state index contributed by atoms with van der Waals surface area (Å²) in [5, 5.41) is 0. The van der Waals surface area contributed by atoms with Crippen molar-refractivity contribution in [2.24, 2.45) is 16.7 Å². The molecule has 134 valence electrons. The molecule has 0 radical (unpaired) electrons. The van der Waals surface area contributed by atoms with Gasteiger partial charge in [-0.25, -0.2) is 0 Å². The van der Waals surface area contributed by atoms with Crippen molar-refractivity contribution < 1.29 is 17.9 Å². The number of hydrogen-bond donors (Lipinski definition) is 0. The van der Waals surface area contributed by atoms with E-state index in [9.17, 15) is 13.2 Å². The van der Waals surface area contributed by atoms with Crippen molar-refractivity contribution in [3.8, 4) is 0 Å². The van der Waals surface area contributed by atoms with E-state index in [-0.39, 0.29) is 5.41 Å². The zero-order chi connectivity index (χ0) is 17.8. The van der Waals surface area contributed by atoms with Gasteiger partial charge in [-0.3, -0.25) is 0 Å². The molecule has 0 aliphatic carbocycles. The Kier molecular flexibility index (Phi) is 7.46. The normalized spacial score (nSPS) is 18.1. The average Bonchev–Trinajstić information content (AvgIpc) is 2.44. The Hall–Kier alpha value is -0.250. The second-order valence-corrected chi connectivity index (χ2v) is 7.61. The predicted octanol–water partition coefficient (Wildman–Crippen LogP) is 6.61. The number of rotatable bonds is 9. The molecule has 0 rings (SSSR count). The summed E-state index contributed by atoms with van der Waals surface area (Å²) in [6, 6.07) is 0. The quantitative estimate of drug-likeness (QED) is 0.463. The Morgan fingerprint density at radius 1 is 0.864 bits per heavy atom. The lowest BCUT2D eigenvalue weighted by Gasteiger charge is -2.45. The fourth-order valence-corrected chi connectivity index (χ4v) is 2.78. The first-order valence-corrected chi connectivity index (χ1v) is 8.52. The highest BCUT2D eigenvalue weighted by Crippen LogP contribution is 2.49. The van der Waals surface area contributed by atoms with Crippen LogP contribution in [0.2, 0.25) is 0 Å². The van der Waals surface area contributed by atoms with E-state index in [1.54, 1.807) is 13.8 Å². The van der Waals surface area contributed by atoms with Crippen molar-refractivity contribution >= 4 is 0 Å². The van der Waals surface area contributed by atoms with Gasteiger partial charge in [0, 0.05) is 6.61 Å². The van der Waals surface area contributed by atoms with Crippen molar-refractivity contribution in [2.45, 2.75) is 92.9 Å². The lowest BCUT2D eigenvalue weighted by atomic mass is 9.72. The van der Waals surface area contributed by atoms with E-state index in [4.69, 9.17) is 4.74 Å². The van der Waals surface area contributed by atoms with Crippen LogP contribution in [0, 0.1) is 16.7 Å². The first-order chi connectivity index (χ1) is 9.81. The molecule has 0 heterocycles. The molecule has 0 aliphatic heterocycles. The van der Waals surface area contributed by atoms with Crippen LogP contribution in [0.4, 0.5) is 13.2 Å². The van der Waals surface area contributed by atoms with Gasteiger partial charge >= 0.3 is 6.18 Å². The summed E-state index contributed by atoms with van der Waals surface area (Å²) in [5.74, 6) is 0.428. The molecule has 0 aromatic rings. The molecule has 0 amide bonds. The molecule has 0 aromatic heterocycles. The lowest BCUT2D eigenvalue weighted by Crippen LogP contribution is -2.53. The Labute approximate surface area is 135 Å². The molecule has 0 aromatic carbocycles. The zero-order valence-corrected chi connectivity index (χ0v) is 15.7. The van der Waals surface area contributed by atoms with E-state index < -0.39 is 17.2 Å². The summed E-state index contributed by atoms with van der Waals surface area (Å²) >= 11 is 0. The summed E-state index contributed by atoms with van der Waals surface area (Å²) < 4.78 is 45.8. The minimum Gasteiger partial charge on any atom is -0.374 e. The van der Waals surface area contributed by atoms with Gasteiger partial charge in [-0.1, -0.05) is 47.5 Å². The van der Waals surface area contributed by atoms with E-state index in [0.29, 0.717) is 18.9 Å². The summed E-state index contributed by atoms with van der Waals surface area (Å²) in [6.45, 7) is 15.0. The molecule has 2 unspecified atom stereocenters. The van der Waals surface area contributed by atoms with Gasteiger partial charge < -0.3 is 4.74 Å². The van der Waals surface area contributed by atoms with Crippen LogP contribution in [0.15, 0.2) is 0 Å². The number of alkyl halides is 3. The molecule has 0 spiro atoms. The molecule has 22 heavy (non-hydrogen) atoms. The van der Waals surface area contributed by atoms with Gasteiger partial charge in [0.05, 0.1) is 11.0 Å². The third kappa shape index (κ3) is 4.39. The van der Waals surface area contributed by atoms with Crippen LogP contribution in [0.5, 0.6) is 0 Å². The molecular weight excluding hydrogens is 289 g/mol. The second kappa shape index (κ2) is 7.55. The van der Waals surface area contributed by atoms with E-state index in [0.717, 1.165) is 19.3 Å². The monoisotopic (exact) mass is 324 g/mol. The molecule has 0 bridgehead atoms. The molecular formula is C18H35F3O. The van der Waals surface area contributed by atoms with Crippen LogP contribution in [-0.4, -0.2) is 18.4 Å². The molecule has 0 saturated heterocycles. The van der Waals surface area contributed by atoms with Gasteiger partial charge in [-0.15, -0.1) is 0 Å². The fourth-order valence-electron chi connectivity index (χ4n) is 2.78. The molecule has 2 atom stereocenters. The largest absolute Gasteiger partial charge is 0.396 e. The standard InChI is InChI=1S/C18H35F3O/c1-9-16(7,10-2)14(4)12-13-22-17(8,11-3)15(5,6)18(19,20)21/h14H,9-13H2,1-8H3. The van der Waals surface area contributed by atoms with Gasteiger partial charge in [-0.05, 0) is 44.9 Å². The number of hydrogen-bond acceptors (Lipinski definition) is 1.